The number of rotatable bonds is 3. The van der Waals surface area contributed by atoms with Gasteiger partial charge in [-0.05, 0) is 37.1 Å². The summed E-state index contributed by atoms with van der Waals surface area (Å²) in [6, 6.07) is 1.17. The average Bonchev–Trinajstić information content (AvgIpc) is 2.26. The van der Waals surface area contributed by atoms with E-state index in [0.29, 0.717) is 18.6 Å². The van der Waals surface area contributed by atoms with Gasteiger partial charge in [-0.15, -0.1) is 0 Å². The molecule has 0 heterocycles. The summed E-state index contributed by atoms with van der Waals surface area (Å²) in [5.74, 6) is 0. The maximum Gasteiger partial charge on any atom is 0.416 e. The zero-order valence-electron chi connectivity index (χ0n) is 10.9. The third-order valence-corrected chi connectivity index (χ3v) is 2.95. The van der Waals surface area contributed by atoms with Crippen LogP contribution in [0.3, 0.4) is 0 Å². The lowest BCUT2D eigenvalue weighted by Gasteiger charge is -2.25. The van der Waals surface area contributed by atoms with Crippen LogP contribution in [-0.4, -0.2) is 5.11 Å². The highest BCUT2D eigenvalue weighted by atomic mass is 19.4. The van der Waals surface area contributed by atoms with E-state index in [0.717, 1.165) is 0 Å². The average molecular weight is 300 g/mol. The van der Waals surface area contributed by atoms with Crippen molar-refractivity contribution in [1.29, 1.82) is 0 Å². The number of benzene rings is 1. The molecule has 114 valence electrons. The van der Waals surface area contributed by atoms with Gasteiger partial charge in [-0.25, -0.2) is 0 Å². The molecule has 1 aromatic rings. The van der Waals surface area contributed by atoms with E-state index in [4.69, 9.17) is 0 Å². The van der Waals surface area contributed by atoms with Crippen LogP contribution in [0.25, 0.3) is 0 Å². The SMILES string of the molecule is CCCC(C)(O)c1cc(C(F)(F)F)cc(C(F)(F)F)c1. The summed E-state index contributed by atoms with van der Waals surface area (Å²) in [6.07, 6.45) is -9.33. The van der Waals surface area contributed by atoms with Crippen molar-refractivity contribution in [2.24, 2.45) is 0 Å². The van der Waals surface area contributed by atoms with Crippen molar-refractivity contribution in [1.82, 2.24) is 0 Å². The van der Waals surface area contributed by atoms with Crippen LogP contribution in [0.4, 0.5) is 26.3 Å². The van der Waals surface area contributed by atoms with Crippen molar-refractivity contribution in [3.63, 3.8) is 0 Å². The second kappa shape index (κ2) is 5.27. The summed E-state index contributed by atoms with van der Waals surface area (Å²) >= 11 is 0. The third-order valence-electron chi connectivity index (χ3n) is 2.95. The summed E-state index contributed by atoms with van der Waals surface area (Å²) in [6.45, 7) is 2.87. The smallest absolute Gasteiger partial charge is 0.385 e. The largest absolute Gasteiger partial charge is 0.416 e. The molecule has 1 unspecified atom stereocenters. The highest BCUT2D eigenvalue weighted by Gasteiger charge is 2.38. The van der Waals surface area contributed by atoms with Crippen molar-refractivity contribution < 1.29 is 31.4 Å². The van der Waals surface area contributed by atoms with E-state index in [-0.39, 0.29) is 18.1 Å². The van der Waals surface area contributed by atoms with Gasteiger partial charge in [0.1, 0.15) is 0 Å². The van der Waals surface area contributed by atoms with Crippen LogP contribution < -0.4 is 0 Å². The molecule has 0 saturated heterocycles. The lowest BCUT2D eigenvalue weighted by Crippen LogP contribution is -2.23. The lowest BCUT2D eigenvalue weighted by atomic mass is 9.88. The molecule has 7 heteroatoms. The Balaban J connectivity index is 3.46. The van der Waals surface area contributed by atoms with Crippen LogP contribution in [0, 0.1) is 0 Å². The molecule has 0 radical (unpaired) electrons. The van der Waals surface area contributed by atoms with E-state index in [1.54, 1.807) is 6.92 Å². The topological polar surface area (TPSA) is 20.2 Å². The number of hydrogen-bond donors (Lipinski definition) is 1. The van der Waals surface area contributed by atoms with Crippen LogP contribution in [0.15, 0.2) is 18.2 Å². The van der Waals surface area contributed by atoms with Gasteiger partial charge in [0, 0.05) is 0 Å². The van der Waals surface area contributed by atoms with Gasteiger partial charge < -0.3 is 5.11 Å². The first-order valence-corrected chi connectivity index (χ1v) is 5.90. The zero-order chi connectivity index (χ0) is 15.8. The summed E-state index contributed by atoms with van der Waals surface area (Å²) in [5, 5.41) is 10.0. The summed E-state index contributed by atoms with van der Waals surface area (Å²) in [5.41, 5.74) is -4.96. The molecule has 0 saturated carbocycles. The molecule has 0 aromatic heterocycles. The Hall–Kier alpha value is -1.24. The Morgan fingerprint density at radius 1 is 0.850 bits per heavy atom. The van der Waals surface area contributed by atoms with Gasteiger partial charge >= 0.3 is 12.4 Å². The fraction of sp³-hybridized carbons (Fsp3) is 0.538. The highest BCUT2D eigenvalue weighted by Crippen LogP contribution is 2.39. The molecule has 0 fully saturated rings. The summed E-state index contributed by atoms with van der Waals surface area (Å²) in [4.78, 5) is 0. The van der Waals surface area contributed by atoms with E-state index in [2.05, 4.69) is 0 Å². The Kier molecular flexibility index (Phi) is 4.43. The lowest BCUT2D eigenvalue weighted by molar-refractivity contribution is -0.143. The standard InChI is InChI=1S/C13H14F6O/c1-3-4-11(2,20)8-5-9(12(14,15)16)7-10(6-8)13(17,18)19/h5-7,20H,3-4H2,1-2H3. The molecule has 1 atom stereocenters. The fourth-order valence-electron chi connectivity index (χ4n) is 1.90. The van der Waals surface area contributed by atoms with Gasteiger partial charge in [-0.2, -0.15) is 26.3 Å². The minimum absolute atomic E-state index is 0.0471. The van der Waals surface area contributed by atoms with Crippen molar-refractivity contribution in [2.75, 3.05) is 0 Å². The fourth-order valence-corrected chi connectivity index (χ4v) is 1.90. The number of alkyl halides is 6. The Morgan fingerprint density at radius 2 is 1.20 bits per heavy atom. The molecule has 1 rings (SSSR count). The number of hydrogen-bond acceptors (Lipinski definition) is 1. The van der Waals surface area contributed by atoms with Crippen LogP contribution in [-0.2, 0) is 18.0 Å². The predicted molar refractivity (Wildman–Crippen MR) is 60.9 cm³/mol. The first-order chi connectivity index (χ1) is 8.88. The van der Waals surface area contributed by atoms with Gasteiger partial charge in [0.15, 0.2) is 0 Å². The van der Waals surface area contributed by atoms with E-state index in [1.165, 1.54) is 6.92 Å². The minimum atomic E-state index is -4.90. The normalized spacial score (nSPS) is 16.1. The molecule has 0 aliphatic heterocycles. The van der Waals surface area contributed by atoms with Crippen molar-refractivity contribution in [3.05, 3.63) is 34.9 Å². The van der Waals surface area contributed by atoms with Gasteiger partial charge in [0.25, 0.3) is 0 Å². The van der Waals surface area contributed by atoms with E-state index < -0.39 is 29.1 Å². The van der Waals surface area contributed by atoms with E-state index in [9.17, 15) is 31.4 Å². The minimum Gasteiger partial charge on any atom is -0.385 e. The zero-order valence-corrected chi connectivity index (χ0v) is 10.9. The van der Waals surface area contributed by atoms with Crippen LogP contribution in [0.5, 0.6) is 0 Å². The van der Waals surface area contributed by atoms with E-state index in [1.807, 2.05) is 0 Å². The van der Waals surface area contributed by atoms with Crippen LogP contribution >= 0.6 is 0 Å². The van der Waals surface area contributed by atoms with Crippen LogP contribution in [0.1, 0.15) is 43.4 Å². The van der Waals surface area contributed by atoms with Crippen molar-refractivity contribution in [3.8, 4) is 0 Å². The van der Waals surface area contributed by atoms with Crippen molar-refractivity contribution in [2.45, 2.75) is 44.6 Å². The third kappa shape index (κ3) is 3.88. The van der Waals surface area contributed by atoms with Gasteiger partial charge in [0.05, 0.1) is 16.7 Å². The summed E-state index contributed by atoms with van der Waals surface area (Å²) < 4.78 is 76.0. The molecule has 0 aliphatic rings. The quantitative estimate of drug-likeness (QED) is 0.800. The van der Waals surface area contributed by atoms with E-state index >= 15 is 0 Å². The second-order valence-electron chi connectivity index (χ2n) is 4.82. The number of aliphatic hydroxyl groups is 1. The molecule has 0 bridgehead atoms. The molecule has 20 heavy (non-hydrogen) atoms. The summed E-state index contributed by atoms with van der Waals surface area (Å²) in [7, 11) is 0. The molecular formula is C13H14F6O. The van der Waals surface area contributed by atoms with Crippen molar-refractivity contribution >= 4 is 0 Å². The molecule has 0 spiro atoms. The van der Waals surface area contributed by atoms with Gasteiger partial charge in [0.2, 0.25) is 0 Å². The Morgan fingerprint density at radius 3 is 1.50 bits per heavy atom. The molecule has 1 N–H and O–H groups in total. The molecule has 1 aromatic carbocycles. The Labute approximate surface area is 112 Å². The maximum atomic E-state index is 12.7. The number of halogens is 6. The van der Waals surface area contributed by atoms with Gasteiger partial charge in [-0.1, -0.05) is 13.3 Å². The molecule has 0 aliphatic carbocycles. The Bertz CT molecular complexity index is 440. The van der Waals surface area contributed by atoms with Crippen LogP contribution in [0.2, 0.25) is 0 Å². The molecule has 1 nitrogen and oxygen atoms in total. The van der Waals surface area contributed by atoms with Gasteiger partial charge in [-0.3, -0.25) is 0 Å². The molecular weight excluding hydrogens is 286 g/mol. The monoisotopic (exact) mass is 300 g/mol. The predicted octanol–water partition coefficient (Wildman–Crippen LogP) is 4.73. The second-order valence-corrected chi connectivity index (χ2v) is 4.82. The first kappa shape index (κ1) is 16.8. The molecule has 0 amide bonds. The first-order valence-electron chi connectivity index (χ1n) is 5.90. The highest BCUT2D eigenvalue weighted by molar-refractivity contribution is 5.36. The maximum absolute atomic E-state index is 12.7.